The summed E-state index contributed by atoms with van der Waals surface area (Å²) in [7, 11) is -1.78. The lowest BCUT2D eigenvalue weighted by atomic mass is 9.76. The number of hydrogen-bond donors (Lipinski definition) is 2. The number of nitrogens with zero attached hydrogens (tertiary/aromatic N) is 1. The second-order valence-corrected chi connectivity index (χ2v) is 6.62. The van der Waals surface area contributed by atoms with Crippen LogP contribution in [0.5, 0.6) is 0 Å². The zero-order chi connectivity index (χ0) is 19.0. The molecule has 0 aromatic heterocycles. The summed E-state index contributed by atoms with van der Waals surface area (Å²) in [5.74, 6) is -0.557. The van der Waals surface area contributed by atoms with E-state index in [0.717, 1.165) is 11.1 Å². The highest BCUT2D eigenvalue weighted by Gasteiger charge is 2.33. The molecule has 2 aromatic carbocycles. The molecule has 0 radical (unpaired) electrons. The van der Waals surface area contributed by atoms with Crippen LogP contribution >= 0.6 is 0 Å². The van der Waals surface area contributed by atoms with Crippen LogP contribution in [0, 0.1) is 5.82 Å². The van der Waals surface area contributed by atoms with Crippen LogP contribution in [-0.4, -0.2) is 40.3 Å². The van der Waals surface area contributed by atoms with E-state index in [-0.39, 0.29) is 34.8 Å². The highest BCUT2D eigenvalue weighted by molar-refractivity contribution is 6.60. The van der Waals surface area contributed by atoms with Crippen LogP contribution in [0.2, 0.25) is 0 Å². The van der Waals surface area contributed by atoms with Gasteiger partial charge < -0.3 is 14.9 Å². The summed E-state index contributed by atoms with van der Waals surface area (Å²) in [6, 6.07) is 8.41. The molecule has 7 heteroatoms. The summed E-state index contributed by atoms with van der Waals surface area (Å²) in [6.45, 7) is 3.78. The van der Waals surface area contributed by atoms with Crippen molar-refractivity contribution in [2.45, 2.75) is 32.4 Å². The molecule has 0 aliphatic carbocycles. The lowest BCUT2D eigenvalue weighted by molar-refractivity contribution is 0.0580. The average molecular weight is 355 g/mol. The number of fused-ring (bicyclic) bond motifs is 1. The molecule has 1 aliphatic heterocycles. The number of hydrogen-bond acceptors (Lipinski definition) is 4. The predicted octanol–water partition coefficient (Wildman–Crippen LogP) is 1.47. The van der Waals surface area contributed by atoms with Crippen LogP contribution in [0.4, 0.5) is 4.39 Å². The molecule has 0 fully saturated rings. The number of amides is 1. The lowest BCUT2D eigenvalue weighted by Gasteiger charge is -2.40. The van der Waals surface area contributed by atoms with E-state index in [4.69, 9.17) is 0 Å². The summed E-state index contributed by atoms with van der Waals surface area (Å²) in [6.07, 6.45) is 1.03. The first-order valence-corrected chi connectivity index (χ1v) is 8.39. The number of halogens is 1. The molecule has 1 heterocycles. The second-order valence-electron chi connectivity index (χ2n) is 6.62. The number of benzene rings is 2. The Morgan fingerprint density at radius 2 is 1.96 bits per heavy atom. The maximum Gasteiger partial charge on any atom is 0.489 e. The SMILES string of the molecule is CC1Cc2cc(F)ccc2C(C)N1C(=O)c1ccc(B(O)O)c(C=O)c1. The molecule has 1 aliphatic rings. The van der Waals surface area contributed by atoms with Crippen molar-refractivity contribution < 1.29 is 24.0 Å². The summed E-state index contributed by atoms with van der Waals surface area (Å²) in [5.41, 5.74) is 2.20. The number of carbonyl (C=O) groups is 2. The molecule has 2 aromatic rings. The van der Waals surface area contributed by atoms with Crippen molar-refractivity contribution in [3.63, 3.8) is 0 Å². The van der Waals surface area contributed by atoms with Crippen molar-refractivity contribution in [2.75, 3.05) is 0 Å². The highest BCUT2D eigenvalue weighted by Crippen LogP contribution is 2.34. The fraction of sp³-hybridized carbons (Fsp3) is 0.263. The van der Waals surface area contributed by atoms with Gasteiger partial charge in [-0.1, -0.05) is 12.1 Å². The molecule has 2 unspecified atom stereocenters. The van der Waals surface area contributed by atoms with Gasteiger partial charge in [-0.15, -0.1) is 0 Å². The van der Waals surface area contributed by atoms with Crippen LogP contribution in [0.1, 0.15) is 51.7 Å². The Kier molecular flexibility index (Phi) is 4.93. The van der Waals surface area contributed by atoms with Crippen molar-refractivity contribution in [3.8, 4) is 0 Å². The third-order valence-electron chi connectivity index (χ3n) is 4.94. The van der Waals surface area contributed by atoms with Gasteiger partial charge in [-0.05, 0) is 61.1 Å². The topological polar surface area (TPSA) is 77.8 Å². The molecule has 0 bridgehead atoms. The van der Waals surface area contributed by atoms with Gasteiger partial charge in [0.05, 0.1) is 6.04 Å². The van der Waals surface area contributed by atoms with E-state index >= 15 is 0 Å². The smallest absolute Gasteiger partial charge is 0.423 e. The minimum atomic E-state index is -1.78. The summed E-state index contributed by atoms with van der Waals surface area (Å²) in [4.78, 5) is 26.0. The Labute approximate surface area is 151 Å². The van der Waals surface area contributed by atoms with Gasteiger partial charge in [0.2, 0.25) is 0 Å². The van der Waals surface area contributed by atoms with Crippen LogP contribution in [-0.2, 0) is 6.42 Å². The third-order valence-corrected chi connectivity index (χ3v) is 4.94. The molecule has 0 saturated heterocycles. The standard InChI is InChI=1S/C19H19BFNO4/c1-11-7-14-9-16(21)4-5-17(14)12(2)22(11)19(24)13-3-6-18(20(25)26)15(8-13)10-23/h3-6,8-12,25-26H,7H2,1-2H3. The molecule has 0 spiro atoms. The fourth-order valence-corrected chi connectivity index (χ4v) is 3.68. The number of aldehydes is 1. The molecule has 5 nitrogen and oxygen atoms in total. The number of carbonyl (C=O) groups excluding carboxylic acids is 2. The monoisotopic (exact) mass is 355 g/mol. The van der Waals surface area contributed by atoms with Gasteiger partial charge in [0, 0.05) is 17.2 Å². The molecule has 2 N–H and O–H groups in total. The molecule has 134 valence electrons. The lowest BCUT2D eigenvalue weighted by Crippen LogP contribution is -2.45. The molecule has 0 saturated carbocycles. The Hall–Kier alpha value is -2.51. The summed E-state index contributed by atoms with van der Waals surface area (Å²) < 4.78 is 13.5. The third kappa shape index (κ3) is 3.16. The van der Waals surface area contributed by atoms with E-state index in [9.17, 15) is 24.0 Å². The molecule has 1 amide bonds. The first kappa shape index (κ1) is 18.3. The predicted molar refractivity (Wildman–Crippen MR) is 95.8 cm³/mol. The summed E-state index contributed by atoms with van der Waals surface area (Å²) in [5, 5.41) is 18.6. The van der Waals surface area contributed by atoms with Crippen molar-refractivity contribution in [1.29, 1.82) is 0 Å². The minimum Gasteiger partial charge on any atom is -0.423 e. The summed E-state index contributed by atoms with van der Waals surface area (Å²) >= 11 is 0. The molecule has 26 heavy (non-hydrogen) atoms. The van der Waals surface area contributed by atoms with Crippen molar-refractivity contribution in [3.05, 3.63) is 64.5 Å². The van der Waals surface area contributed by atoms with E-state index < -0.39 is 7.12 Å². The van der Waals surface area contributed by atoms with Gasteiger partial charge in [-0.3, -0.25) is 9.59 Å². The fourth-order valence-electron chi connectivity index (χ4n) is 3.68. The average Bonchev–Trinajstić information content (AvgIpc) is 2.60. The van der Waals surface area contributed by atoms with Gasteiger partial charge in [0.1, 0.15) is 12.1 Å². The van der Waals surface area contributed by atoms with Gasteiger partial charge in [0.25, 0.3) is 5.91 Å². The second kappa shape index (κ2) is 7.01. The highest BCUT2D eigenvalue weighted by atomic mass is 19.1. The maximum atomic E-state index is 13.5. The Morgan fingerprint density at radius 3 is 2.62 bits per heavy atom. The van der Waals surface area contributed by atoms with Gasteiger partial charge >= 0.3 is 7.12 Å². The first-order valence-electron chi connectivity index (χ1n) is 8.39. The van der Waals surface area contributed by atoms with Gasteiger partial charge in [-0.2, -0.15) is 0 Å². The van der Waals surface area contributed by atoms with E-state index in [1.165, 1.54) is 30.3 Å². The van der Waals surface area contributed by atoms with E-state index in [1.807, 2.05) is 13.8 Å². The first-order chi connectivity index (χ1) is 12.3. The Morgan fingerprint density at radius 1 is 1.23 bits per heavy atom. The van der Waals surface area contributed by atoms with Crippen molar-refractivity contribution >= 4 is 24.8 Å². The molecule has 3 rings (SSSR count). The number of rotatable bonds is 3. The van der Waals surface area contributed by atoms with E-state index in [0.29, 0.717) is 18.3 Å². The Balaban J connectivity index is 1.97. The zero-order valence-corrected chi connectivity index (χ0v) is 14.5. The van der Waals surface area contributed by atoms with E-state index in [1.54, 1.807) is 11.0 Å². The Bertz CT molecular complexity index is 871. The van der Waals surface area contributed by atoms with Crippen LogP contribution < -0.4 is 5.46 Å². The van der Waals surface area contributed by atoms with E-state index in [2.05, 4.69) is 0 Å². The molecule has 2 atom stereocenters. The van der Waals surface area contributed by atoms with Crippen LogP contribution in [0.15, 0.2) is 36.4 Å². The molecular weight excluding hydrogens is 336 g/mol. The van der Waals surface area contributed by atoms with Crippen LogP contribution in [0.3, 0.4) is 0 Å². The quantitative estimate of drug-likeness (QED) is 0.646. The van der Waals surface area contributed by atoms with Crippen molar-refractivity contribution in [1.82, 2.24) is 4.90 Å². The normalized spacial score (nSPS) is 19.0. The van der Waals surface area contributed by atoms with Crippen molar-refractivity contribution in [2.24, 2.45) is 0 Å². The maximum absolute atomic E-state index is 13.5. The molecular formula is C19H19BFNO4. The minimum absolute atomic E-state index is 0.0529. The van der Waals surface area contributed by atoms with Gasteiger partial charge in [-0.25, -0.2) is 4.39 Å². The largest absolute Gasteiger partial charge is 0.489 e. The zero-order valence-electron chi connectivity index (χ0n) is 14.5. The van der Waals surface area contributed by atoms with Gasteiger partial charge in [0.15, 0.2) is 0 Å². The van der Waals surface area contributed by atoms with Crippen LogP contribution in [0.25, 0.3) is 0 Å².